The van der Waals surface area contributed by atoms with Crippen LogP contribution in [0.1, 0.15) is 44.1 Å². The third-order valence-electron chi connectivity index (χ3n) is 2.79. The Balaban J connectivity index is 2.75. The van der Waals surface area contributed by atoms with Gasteiger partial charge in [0.2, 0.25) is 0 Å². The van der Waals surface area contributed by atoms with Crippen molar-refractivity contribution in [1.29, 1.82) is 5.26 Å². The summed E-state index contributed by atoms with van der Waals surface area (Å²) in [4.78, 5) is 22.4. The van der Waals surface area contributed by atoms with Crippen LogP contribution in [0.25, 0.3) is 0 Å². The van der Waals surface area contributed by atoms with Crippen molar-refractivity contribution in [3.63, 3.8) is 0 Å². The number of carbonyl (C=O) groups excluding carboxylic acids is 1. The van der Waals surface area contributed by atoms with Crippen LogP contribution >= 0.6 is 0 Å². The van der Waals surface area contributed by atoms with Gasteiger partial charge < -0.3 is 10.2 Å². The van der Waals surface area contributed by atoms with Crippen molar-refractivity contribution >= 4 is 11.7 Å². The van der Waals surface area contributed by atoms with Crippen LogP contribution in [-0.2, 0) is 0 Å². The lowest BCUT2D eigenvalue weighted by atomic mass is 10.2. The van der Waals surface area contributed by atoms with E-state index in [-0.39, 0.29) is 5.91 Å². The highest BCUT2D eigenvalue weighted by Crippen LogP contribution is 2.08. The molecule has 0 saturated heterocycles. The number of nitrogens with one attached hydrogen (secondary N) is 1. The summed E-state index contributed by atoms with van der Waals surface area (Å²) in [5.41, 5.74) is 0.315. The van der Waals surface area contributed by atoms with E-state index in [0.29, 0.717) is 36.9 Å². The first-order valence-corrected chi connectivity index (χ1v) is 7.30. The first kappa shape index (κ1) is 16.9. The number of hydrogen-bond acceptors (Lipinski definition) is 5. The van der Waals surface area contributed by atoms with Gasteiger partial charge in [0.15, 0.2) is 0 Å². The highest BCUT2D eigenvalue weighted by molar-refractivity contribution is 5.92. The summed E-state index contributed by atoms with van der Waals surface area (Å²) in [5.74, 6) is 0.834. The van der Waals surface area contributed by atoms with Crippen molar-refractivity contribution in [2.45, 2.75) is 33.6 Å². The molecule has 0 unspecified atom stereocenters. The van der Waals surface area contributed by atoms with Crippen molar-refractivity contribution in [3.8, 4) is 6.07 Å². The van der Waals surface area contributed by atoms with Crippen molar-refractivity contribution in [2.24, 2.45) is 5.92 Å². The highest BCUT2D eigenvalue weighted by atomic mass is 16.2. The minimum Gasteiger partial charge on any atom is -0.369 e. The summed E-state index contributed by atoms with van der Waals surface area (Å²) < 4.78 is 0. The van der Waals surface area contributed by atoms with Crippen LogP contribution < -0.4 is 5.32 Å². The molecule has 0 fully saturated rings. The molecule has 0 saturated carbocycles. The van der Waals surface area contributed by atoms with Crippen molar-refractivity contribution < 1.29 is 4.79 Å². The second kappa shape index (κ2) is 8.90. The van der Waals surface area contributed by atoms with E-state index in [0.717, 1.165) is 13.0 Å². The highest BCUT2D eigenvalue weighted by Gasteiger charge is 2.18. The van der Waals surface area contributed by atoms with Gasteiger partial charge >= 0.3 is 0 Å². The maximum atomic E-state index is 12.4. The minimum atomic E-state index is -0.173. The van der Waals surface area contributed by atoms with Crippen molar-refractivity contribution in [3.05, 3.63) is 18.1 Å². The van der Waals surface area contributed by atoms with E-state index in [1.54, 1.807) is 11.1 Å². The van der Waals surface area contributed by atoms with Crippen LogP contribution in [0.3, 0.4) is 0 Å². The minimum absolute atomic E-state index is 0.173. The largest absolute Gasteiger partial charge is 0.369 e. The second-order valence-electron chi connectivity index (χ2n) is 5.27. The molecular weight excluding hydrogens is 266 g/mol. The number of hydrogen-bond donors (Lipinski definition) is 1. The number of nitrogens with zero attached hydrogens (tertiary/aromatic N) is 4. The number of nitriles is 1. The molecule has 1 aromatic heterocycles. The van der Waals surface area contributed by atoms with Crippen LogP contribution in [0, 0.1) is 17.2 Å². The van der Waals surface area contributed by atoms with E-state index >= 15 is 0 Å². The molecule has 0 aliphatic heterocycles. The van der Waals surface area contributed by atoms with Gasteiger partial charge in [-0.3, -0.25) is 4.79 Å². The molecule has 21 heavy (non-hydrogen) atoms. The lowest BCUT2D eigenvalue weighted by Gasteiger charge is -2.23. The predicted octanol–water partition coefficient (Wildman–Crippen LogP) is 2.31. The fourth-order valence-electron chi connectivity index (χ4n) is 1.85. The van der Waals surface area contributed by atoms with Crippen LogP contribution in [0.15, 0.2) is 12.4 Å². The third kappa shape index (κ3) is 5.78. The molecule has 0 radical (unpaired) electrons. The molecular formula is C15H23N5O. The second-order valence-corrected chi connectivity index (χ2v) is 5.27. The molecule has 1 amide bonds. The van der Waals surface area contributed by atoms with Gasteiger partial charge in [0, 0.05) is 19.6 Å². The molecule has 0 bridgehead atoms. The molecule has 1 aromatic rings. The fourth-order valence-corrected chi connectivity index (χ4v) is 1.85. The van der Waals surface area contributed by atoms with Gasteiger partial charge in [-0.25, -0.2) is 9.97 Å². The van der Waals surface area contributed by atoms with Crippen LogP contribution in [-0.4, -0.2) is 40.4 Å². The molecule has 0 aliphatic carbocycles. The molecule has 0 atom stereocenters. The molecule has 0 aromatic carbocycles. The normalized spacial score (nSPS) is 10.2. The Kier molecular flexibility index (Phi) is 7.16. The van der Waals surface area contributed by atoms with E-state index in [4.69, 9.17) is 5.26 Å². The van der Waals surface area contributed by atoms with Gasteiger partial charge in [-0.1, -0.05) is 20.8 Å². The molecule has 1 heterocycles. The Morgan fingerprint density at radius 1 is 1.43 bits per heavy atom. The average molecular weight is 289 g/mol. The summed E-state index contributed by atoms with van der Waals surface area (Å²) in [6.45, 7) is 8.00. The van der Waals surface area contributed by atoms with Gasteiger partial charge in [-0.2, -0.15) is 5.26 Å². The van der Waals surface area contributed by atoms with E-state index in [2.05, 4.69) is 28.3 Å². The van der Waals surface area contributed by atoms with Gasteiger partial charge in [0.05, 0.1) is 24.9 Å². The summed E-state index contributed by atoms with van der Waals surface area (Å²) in [6.07, 6.45) is 4.38. The summed E-state index contributed by atoms with van der Waals surface area (Å²) in [5, 5.41) is 11.8. The fraction of sp³-hybridized carbons (Fsp3) is 0.600. The summed E-state index contributed by atoms with van der Waals surface area (Å²) in [6, 6.07) is 2.07. The Morgan fingerprint density at radius 2 is 2.19 bits per heavy atom. The number of aromatic nitrogens is 2. The van der Waals surface area contributed by atoms with Gasteiger partial charge in [-0.15, -0.1) is 0 Å². The smallest absolute Gasteiger partial charge is 0.274 e. The number of anilines is 1. The Hall–Kier alpha value is -2.16. The van der Waals surface area contributed by atoms with Crippen molar-refractivity contribution in [1.82, 2.24) is 14.9 Å². The van der Waals surface area contributed by atoms with Gasteiger partial charge in [0.25, 0.3) is 5.91 Å². The number of amides is 1. The monoisotopic (exact) mass is 289 g/mol. The maximum Gasteiger partial charge on any atom is 0.274 e. The zero-order valence-corrected chi connectivity index (χ0v) is 13.0. The Labute approximate surface area is 126 Å². The van der Waals surface area contributed by atoms with Crippen LogP contribution in [0.4, 0.5) is 5.82 Å². The lowest BCUT2D eigenvalue weighted by molar-refractivity contribution is 0.0733. The van der Waals surface area contributed by atoms with Gasteiger partial charge in [0.1, 0.15) is 11.5 Å². The molecule has 1 rings (SSSR count). The molecule has 6 nitrogen and oxygen atoms in total. The number of rotatable bonds is 8. The Morgan fingerprint density at radius 3 is 2.71 bits per heavy atom. The molecule has 0 spiro atoms. The van der Waals surface area contributed by atoms with E-state index in [9.17, 15) is 4.79 Å². The molecule has 114 valence electrons. The molecule has 1 N–H and O–H groups in total. The first-order valence-electron chi connectivity index (χ1n) is 7.30. The third-order valence-corrected chi connectivity index (χ3v) is 2.79. The topological polar surface area (TPSA) is 81.9 Å². The standard InChI is InChI=1S/C15H23N5O/c1-4-7-17-14-10-18-13(9-19-14)15(21)20(8-5-6-16)11-12(2)3/h9-10,12H,4-5,7-8,11H2,1-3H3,(H,17,19). The average Bonchev–Trinajstić information content (AvgIpc) is 2.49. The predicted molar refractivity (Wildman–Crippen MR) is 81.8 cm³/mol. The summed E-state index contributed by atoms with van der Waals surface area (Å²) in [7, 11) is 0. The van der Waals surface area contributed by atoms with Gasteiger partial charge in [-0.05, 0) is 12.3 Å². The molecule has 6 heteroatoms. The quantitative estimate of drug-likeness (QED) is 0.794. The van der Waals surface area contributed by atoms with E-state index in [1.165, 1.54) is 6.20 Å². The zero-order chi connectivity index (χ0) is 15.7. The number of carbonyl (C=O) groups is 1. The molecule has 0 aliphatic rings. The lowest BCUT2D eigenvalue weighted by Crippen LogP contribution is -2.35. The van der Waals surface area contributed by atoms with E-state index < -0.39 is 0 Å². The Bertz CT molecular complexity index is 478. The first-order chi connectivity index (χ1) is 10.1. The van der Waals surface area contributed by atoms with Crippen molar-refractivity contribution in [2.75, 3.05) is 25.0 Å². The summed E-state index contributed by atoms with van der Waals surface area (Å²) >= 11 is 0. The maximum absolute atomic E-state index is 12.4. The van der Waals surface area contributed by atoms with Crippen LogP contribution in [0.5, 0.6) is 0 Å². The zero-order valence-electron chi connectivity index (χ0n) is 13.0. The van der Waals surface area contributed by atoms with Crippen LogP contribution in [0.2, 0.25) is 0 Å². The van der Waals surface area contributed by atoms with E-state index in [1.807, 2.05) is 13.8 Å². The SMILES string of the molecule is CCCNc1cnc(C(=O)N(CCC#N)CC(C)C)cn1.